The van der Waals surface area contributed by atoms with E-state index in [4.69, 9.17) is 0 Å². The third-order valence-electron chi connectivity index (χ3n) is 1.82. The second kappa shape index (κ2) is 3.57. The Morgan fingerprint density at radius 3 is 3.00 bits per heavy atom. The van der Waals surface area contributed by atoms with Crippen molar-refractivity contribution in [2.45, 2.75) is 24.6 Å². The molecule has 1 fully saturated rings. The summed E-state index contributed by atoms with van der Waals surface area (Å²) in [4.78, 5) is 0.697. The van der Waals surface area contributed by atoms with Crippen molar-refractivity contribution in [2.75, 3.05) is 13.1 Å². The van der Waals surface area contributed by atoms with E-state index in [0.717, 1.165) is 5.92 Å². The van der Waals surface area contributed by atoms with Crippen LogP contribution in [-0.2, 0) is 0 Å². The first-order valence-corrected chi connectivity index (χ1v) is 4.55. The van der Waals surface area contributed by atoms with Gasteiger partial charge in [-0.2, -0.15) is 0 Å². The predicted molar refractivity (Wildman–Crippen MR) is 44.0 cm³/mol. The van der Waals surface area contributed by atoms with Gasteiger partial charge in [0, 0.05) is 4.83 Å². The number of alkyl halides is 1. The summed E-state index contributed by atoms with van der Waals surface area (Å²) in [6.07, 6.45) is 2.70. The van der Waals surface area contributed by atoms with E-state index in [-0.39, 0.29) is 0 Å². The summed E-state index contributed by atoms with van der Waals surface area (Å²) in [5.41, 5.74) is 0. The van der Waals surface area contributed by atoms with E-state index in [1.807, 2.05) is 0 Å². The number of hydrogen-bond donors (Lipinski definition) is 1. The van der Waals surface area contributed by atoms with Crippen LogP contribution in [-0.4, -0.2) is 17.9 Å². The second-order valence-corrected chi connectivity index (χ2v) is 4.44. The molecule has 1 heterocycles. The Kier molecular flexibility index (Phi) is 2.99. The Labute approximate surface area is 65.3 Å². The van der Waals surface area contributed by atoms with Gasteiger partial charge in [-0.3, -0.25) is 0 Å². The maximum absolute atomic E-state index is 3.56. The molecule has 0 saturated carbocycles. The minimum atomic E-state index is 0.697. The minimum absolute atomic E-state index is 0.697. The zero-order valence-electron chi connectivity index (χ0n) is 5.86. The van der Waals surface area contributed by atoms with Crippen LogP contribution in [0.3, 0.4) is 0 Å². The molecule has 0 amide bonds. The van der Waals surface area contributed by atoms with Crippen LogP contribution in [0.25, 0.3) is 0 Å². The van der Waals surface area contributed by atoms with E-state index < -0.39 is 0 Å². The van der Waals surface area contributed by atoms with Crippen molar-refractivity contribution >= 4 is 15.9 Å². The highest BCUT2D eigenvalue weighted by atomic mass is 79.9. The number of hydrogen-bond acceptors (Lipinski definition) is 1. The molecule has 0 aromatic rings. The van der Waals surface area contributed by atoms with Crippen LogP contribution in [0.4, 0.5) is 0 Å². The molecule has 1 aliphatic rings. The van der Waals surface area contributed by atoms with E-state index >= 15 is 0 Å². The van der Waals surface area contributed by atoms with E-state index in [2.05, 4.69) is 28.2 Å². The fourth-order valence-electron chi connectivity index (χ4n) is 1.37. The summed E-state index contributed by atoms with van der Waals surface area (Å²) in [5.74, 6) is 0.930. The molecule has 2 heteroatoms. The molecular formula is C7H14BrN. The maximum atomic E-state index is 3.56. The fourth-order valence-corrected chi connectivity index (χ4v) is 1.90. The van der Waals surface area contributed by atoms with Gasteiger partial charge < -0.3 is 5.32 Å². The van der Waals surface area contributed by atoms with E-state index in [1.165, 1.54) is 25.9 Å². The summed E-state index contributed by atoms with van der Waals surface area (Å²) in [6.45, 7) is 4.68. The molecule has 0 aromatic carbocycles. The summed E-state index contributed by atoms with van der Waals surface area (Å²) >= 11 is 3.56. The van der Waals surface area contributed by atoms with Crippen LogP contribution in [0.1, 0.15) is 19.8 Å². The summed E-state index contributed by atoms with van der Waals surface area (Å²) in [5, 5.41) is 3.36. The zero-order chi connectivity index (χ0) is 6.69. The van der Waals surface area contributed by atoms with Crippen LogP contribution in [0, 0.1) is 5.92 Å². The van der Waals surface area contributed by atoms with Crippen molar-refractivity contribution in [2.24, 2.45) is 5.92 Å². The van der Waals surface area contributed by atoms with Crippen molar-refractivity contribution in [3.8, 4) is 0 Å². The molecule has 1 N–H and O–H groups in total. The molecule has 2 unspecified atom stereocenters. The third kappa shape index (κ3) is 2.67. The molecule has 1 rings (SSSR count). The molecule has 0 bridgehead atoms. The topological polar surface area (TPSA) is 12.0 Å². The molecule has 0 radical (unpaired) electrons. The maximum Gasteiger partial charge on any atom is 0.0120 e. The van der Waals surface area contributed by atoms with Gasteiger partial charge in [0.05, 0.1) is 0 Å². The molecule has 1 saturated heterocycles. The molecule has 1 nitrogen and oxygen atoms in total. The van der Waals surface area contributed by atoms with Gasteiger partial charge in [-0.15, -0.1) is 0 Å². The van der Waals surface area contributed by atoms with Crippen molar-refractivity contribution in [1.82, 2.24) is 5.32 Å². The van der Waals surface area contributed by atoms with E-state index in [1.54, 1.807) is 0 Å². The van der Waals surface area contributed by atoms with Crippen LogP contribution in [0.2, 0.25) is 0 Å². The highest BCUT2D eigenvalue weighted by Crippen LogP contribution is 2.17. The van der Waals surface area contributed by atoms with Gasteiger partial charge in [-0.25, -0.2) is 0 Å². The Bertz CT molecular complexity index is 77.0. The SMILES string of the molecule is CC(Br)CC1CCNC1. The molecular weight excluding hydrogens is 178 g/mol. The Hall–Kier alpha value is 0.440. The average molecular weight is 192 g/mol. The van der Waals surface area contributed by atoms with Crippen LogP contribution < -0.4 is 5.32 Å². The minimum Gasteiger partial charge on any atom is -0.316 e. The lowest BCUT2D eigenvalue weighted by atomic mass is 10.0. The third-order valence-corrected chi connectivity index (χ3v) is 2.19. The lowest BCUT2D eigenvalue weighted by molar-refractivity contribution is 0.535. The Morgan fingerprint density at radius 1 is 1.78 bits per heavy atom. The molecule has 0 aliphatic carbocycles. The lowest BCUT2D eigenvalue weighted by Crippen LogP contribution is -2.11. The molecule has 1 aliphatic heterocycles. The van der Waals surface area contributed by atoms with Gasteiger partial charge >= 0.3 is 0 Å². The first-order chi connectivity index (χ1) is 4.29. The predicted octanol–water partition coefficient (Wildman–Crippen LogP) is 1.77. The molecule has 0 spiro atoms. The van der Waals surface area contributed by atoms with Crippen LogP contribution in [0.5, 0.6) is 0 Å². The van der Waals surface area contributed by atoms with Crippen LogP contribution >= 0.6 is 15.9 Å². The Morgan fingerprint density at radius 2 is 2.56 bits per heavy atom. The normalized spacial score (nSPS) is 30.7. The molecule has 0 aromatic heterocycles. The molecule has 9 heavy (non-hydrogen) atoms. The van der Waals surface area contributed by atoms with E-state index in [0.29, 0.717) is 4.83 Å². The summed E-state index contributed by atoms with van der Waals surface area (Å²) in [6, 6.07) is 0. The first kappa shape index (κ1) is 7.55. The summed E-state index contributed by atoms with van der Waals surface area (Å²) in [7, 11) is 0. The number of nitrogens with one attached hydrogen (secondary N) is 1. The monoisotopic (exact) mass is 191 g/mol. The largest absolute Gasteiger partial charge is 0.316 e. The van der Waals surface area contributed by atoms with Crippen molar-refractivity contribution in [3.63, 3.8) is 0 Å². The smallest absolute Gasteiger partial charge is 0.0120 e. The second-order valence-electron chi connectivity index (χ2n) is 2.88. The number of rotatable bonds is 2. The number of halogens is 1. The van der Waals surface area contributed by atoms with Crippen molar-refractivity contribution in [1.29, 1.82) is 0 Å². The van der Waals surface area contributed by atoms with E-state index in [9.17, 15) is 0 Å². The van der Waals surface area contributed by atoms with Gasteiger partial charge in [-0.05, 0) is 31.8 Å². The van der Waals surface area contributed by atoms with Gasteiger partial charge in [0.25, 0.3) is 0 Å². The van der Waals surface area contributed by atoms with Gasteiger partial charge in [0.2, 0.25) is 0 Å². The van der Waals surface area contributed by atoms with Gasteiger partial charge in [-0.1, -0.05) is 22.9 Å². The zero-order valence-corrected chi connectivity index (χ0v) is 7.45. The highest BCUT2D eigenvalue weighted by molar-refractivity contribution is 9.09. The lowest BCUT2D eigenvalue weighted by Gasteiger charge is -2.08. The quantitative estimate of drug-likeness (QED) is 0.657. The van der Waals surface area contributed by atoms with Gasteiger partial charge in [0.15, 0.2) is 0 Å². The van der Waals surface area contributed by atoms with Crippen LogP contribution in [0.15, 0.2) is 0 Å². The Balaban J connectivity index is 2.11. The molecule has 2 atom stereocenters. The first-order valence-electron chi connectivity index (χ1n) is 3.64. The van der Waals surface area contributed by atoms with Crippen molar-refractivity contribution < 1.29 is 0 Å². The molecule has 54 valence electrons. The fraction of sp³-hybridized carbons (Fsp3) is 1.00. The summed E-state index contributed by atoms with van der Waals surface area (Å²) < 4.78 is 0. The average Bonchev–Trinajstić information content (AvgIpc) is 2.15. The highest BCUT2D eigenvalue weighted by Gasteiger charge is 2.15. The van der Waals surface area contributed by atoms with Crippen molar-refractivity contribution in [3.05, 3.63) is 0 Å². The standard InChI is InChI=1S/C7H14BrN/c1-6(8)4-7-2-3-9-5-7/h6-7,9H,2-5H2,1H3. The van der Waals surface area contributed by atoms with Gasteiger partial charge in [0.1, 0.15) is 0 Å².